The number of pyridine rings is 2. The number of rotatable bonds is 8. The highest BCUT2D eigenvalue weighted by molar-refractivity contribution is 7.92. The van der Waals surface area contributed by atoms with Crippen LogP contribution in [0.15, 0.2) is 58.4 Å². The van der Waals surface area contributed by atoms with Gasteiger partial charge in [0.1, 0.15) is 11.5 Å². The number of hydrogen-bond acceptors (Lipinski definition) is 9. The molecule has 1 aliphatic rings. The van der Waals surface area contributed by atoms with E-state index in [9.17, 15) is 13.2 Å². The van der Waals surface area contributed by atoms with Crippen LogP contribution in [0.25, 0.3) is 22.2 Å². The van der Waals surface area contributed by atoms with Crippen molar-refractivity contribution in [3.8, 4) is 17.2 Å². The molecule has 0 unspecified atom stereocenters. The van der Waals surface area contributed by atoms with Crippen LogP contribution in [0.4, 0.5) is 11.8 Å². The average Bonchev–Trinajstić information content (AvgIpc) is 2.97. The molecule has 0 spiro atoms. The molecule has 0 saturated heterocycles. The van der Waals surface area contributed by atoms with E-state index in [1.807, 2.05) is 19.9 Å². The van der Waals surface area contributed by atoms with Crippen molar-refractivity contribution in [2.24, 2.45) is 0 Å². The fraction of sp³-hybridized carbons (Fsp3) is 0.387. The monoisotopic (exact) mass is 600 g/mol. The molecule has 0 atom stereocenters. The van der Waals surface area contributed by atoms with Gasteiger partial charge < -0.3 is 10.2 Å². The van der Waals surface area contributed by atoms with Crippen LogP contribution in [0.2, 0.25) is 0 Å². The van der Waals surface area contributed by atoms with Crippen molar-refractivity contribution in [2.45, 2.75) is 69.5 Å². The van der Waals surface area contributed by atoms with E-state index in [1.165, 1.54) is 30.3 Å². The van der Waals surface area contributed by atoms with Crippen molar-refractivity contribution in [3.63, 3.8) is 0 Å². The molecule has 3 heterocycles. The van der Waals surface area contributed by atoms with Gasteiger partial charge in [-0.3, -0.25) is 14.1 Å². The van der Waals surface area contributed by atoms with Crippen LogP contribution < -0.4 is 15.6 Å². The summed E-state index contributed by atoms with van der Waals surface area (Å²) < 4.78 is 30.0. The molecule has 0 aliphatic heterocycles. The maximum Gasteiger partial charge on any atom is 0.263 e. The SMILES string of the molecule is Cc1nc(NS(=O)(=O)c2cccc(C#N)c2)ccc1-c1cc2cnc(N[C@H]3CC[C@H](N(C)C)CC3)nc2n(C(C)C)c1=O. The van der Waals surface area contributed by atoms with E-state index >= 15 is 0 Å². The van der Waals surface area contributed by atoms with Gasteiger partial charge in [0, 0.05) is 46.5 Å². The van der Waals surface area contributed by atoms with Gasteiger partial charge in [0.25, 0.3) is 15.6 Å². The molecule has 12 heteroatoms. The van der Waals surface area contributed by atoms with Gasteiger partial charge in [0.2, 0.25) is 5.95 Å². The first-order valence-corrected chi connectivity index (χ1v) is 15.8. The number of nitriles is 1. The van der Waals surface area contributed by atoms with E-state index in [0.29, 0.717) is 39.8 Å². The molecule has 5 rings (SSSR count). The number of nitrogens with one attached hydrogen (secondary N) is 2. The van der Waals surface area contributed by atoms with Gasteiger partial charge in [-0.25, -0.2) is 18.4 Å². The molecular formula is C31H36N8O3S. The molecule has 43 heavy (non-hydrogen) atoms. The van der Waals surface area contributed by atoms with E-state index < -0.39 is 10.0 Å². The maximum atomic E-state index is 13.8. The van der Waals surface area contributed by atoms with E-state index in [1.54, 1.807) is 29.8 Å². The number of hydrogen-bond donors (Lipinski definition) is 2. The Labute approximate surface area is 251 Å². The Morgan fingerprint density at radius 3 is 2.44 bits per heavy atom. The third kappa shape index (κ3) is 6.38. The molecule has 1 aliphatic carbocycles. The molecule has 1 aromatic carbocycles. The Morgan fingerprint density at radius 2 is 1.79 bits per heavy atom. The van der Waals surface area contributed by atoms with E-state index in [0.717, 1.165) is 25.7 Å². The van der Waals surface area contributed by atoms with E-state index in [-0.39, 0.29) is 33.9 Å². The van der Waals surface area contributed by atoms with Crippen LogP contribution in [0, 0.1) is 18.3 Å². The van der Waals surface area contributed by atoms with Crippen molar-refractivity contribution < 1.29 is 8.42 Å². The first-order chi connectivity index (χ1) is 20.5. The quantitative estimate of drug-likeness (QED) is 0.294. The molecule has 4 aromatic rings. The van der Waals surface area contributed by atoms with E-state index in [4.69, 9.17) is 10.2 Å². The minimum Gasteiger partial charge on any atom is -0.351 e. The Morgan fingerprint density at radius 1 is 1.05 bits per heavy atom. The molecule has 2 N–H and O–H groups in total. The second-order valence-corrected chi connectivity index (χ2v) is 13.2. The van der Waals surface area contributed by atoms with Crippen molar-refractivity contribution in [1.29, 1.82) is 5.26 Å². The highest BCUT2D eigenvalue weighted by Gasteiger charge is 2.24. The van der Waals surface area contributed by atoms with Gasteiger partial charge in [0.15, 0.2) is 0 Å². The molecule has 0 radical (unpaired) electrons. The van der Waals surface area contributed by atoms with E-state index in [2.05, 4.69) is 39.0 Å². The molecule has 0 amide bonds. The maximum absolute atomic E-state index is 13.8. The normalized spacial score (nSPS) is 17.3. The van der Waals surface area contributed by atoms with Gasteiger partial charge in [-0.15, -0.1) is 0 Å². The van der Waals surface area contributed by atoms with Crippen LogP contribution in [0.1, 0.15) is 56.8 Å². The fourth-order valence-electron chi connectivity index (χ4n) is 5.61. The number of aryl methyl sites for hydroxylation is 1. The third-order valence-corrected chi connectivity index (χ3v) is 9.29. The zero-order valence-corrected chi connectivity index (χ0v) is 25.8. The van der Waals surface area contributed by atoms with Crippen LogP contribution in [0.3, 0.4) is 0 Å². The Hall–Kier alpha value is -4.34. The summed E-state index contributed by atoms with van der Waals surface area (Å²) in [7, 11) is 0.272. The van der Waals surface area contributed by atoms with Gasteiger partial charge in [0.05, 0.1) is 16.5 Å². The zero-order valence-electron chi connectivity index (χ0n) is 25.0. The molecular weight excluding hydrogens is 564 g/mol. The Kier molecular flexibility index (Phi) is 8.48. The molecule has 3 aromatic heterocycles. The van der Waals surface area contributed by atoms with Crippen molar-refractivity contribution in [1.82, 2.24) is 24.4 Å². The lowest BCUT2D eigenvalue weighted by molar-refractivity contribution is 0.221. The summed E-state index contributed by atoms with van der Waals surface area (Å²) in [5, 5.41) is 13.3. The fourth-order valence-corrected chi connectivity index (χ4v) is 6.66. The number of nitrogens with zero attached hydrogens (tertiary/aromatic N) is 6. The Balaban J connectivity index is 1.44. The first-order valence-electron chi connectivity index (χ1n) is 14.3. The van der Waals surface area contributed by atoms with Crippen LogP contribution in [-0.2, 0) is 10.0 Å². The van der Waals surface area contributed by atoms with Crippen LogP contribution in [-0.4, -0.2) is 59.0 Å². The second-order valence-electron chi connectivity index (χ2n) is 11.5. The topological polar surface area (TPSA) is 146 Å². The molecule has 1 fully saturated rings. The second kappa shape index (κ2) is 12.1. The summed E-state index contributed by atoms with van der Waals surface area (Å²) in [6.45, 7) is 5.60. The highest BCUT2D eigenvalue weighted by Crippen LogP contribution is 2.28. The largest absolute Gasteiger partial charge is 0.351 e. The number of anilines is 2. The molecule has 11 nitrogen and oxygen atoms in total. The minimum atomic E-state index is -3.97. The third-order valence-electron chi connectivity index (χ3n) is 7.94. The van der Waals surface area contributed by atoms with Gasteiger partial charge >= 0.3 is 0 Å². The summed E-state index contributed by atoms with van der Waals surface area (Å²) in [4.78, 5) is 29.9. The minimum absolute atomic E-state index is 0.0421. The lowest BCUT2D eigenvalue weighted by Crippen LogP contribution is -2.36. The lowest BCUT2D eigenvalue weighted by Gasteiger charge is -2.33. The predicted molar refractivity (Wildman–Crippen MR) is 167 cm³/mol. The first kappa shape index (κ1) is 30.1. The van der Waals surface area contributed by atoms with Gasteiger partial charge in [-0.2, -0.15) is 10.2 Å². The number of aromatic nitrogens is 4. The predicted octanol–water partition coefficient (Wildman–Crippen LogP) is 4.70. The van der Waals surface area contributed by atoms with Crippen LogP contribution in [0.5, 0.6) is 0 Å². The number of fused-ring (bicyclic) bond motifs is 1. The smallest absolute Gasteiger partial charge is 0.263 e. The summed E-state index contributed by atoms with van der Waals surface area (Å²) >= 11 is 0. The zero-order chi connectivity index (χ0) is 30.9. The summed E-state index contributed by atoms with van der Waals surface area (Å²) in [6, 6.07) is 13.4. The number of sulfonamides is 1. The summed E-state index contributed by atoms with van der Waals surface area (Å²) in [5.41, 5.74) is 2.05. The lowest BCUT2D eigenvalue weighted by atomic mass is 9.91. The van der Waals surface area contributed by atoms with Crippen molar-refractivity contribution in [2.75, 3.05) is 24.1 Å². The summed E-state index contributed by atoms with van der Waals surface area (Å²) in [6.07, 6.45) is 6.02. The molecule has 224 valence electrons. The van der Waals surface area contributed by atoms with Crippen molar-refractivity contribution in [3.05, 3.63) is 70.3 Å². The highest BCUT2D eigenvalue weighted by atomic mass is 32.2. The van der Waals surface area contributed by atoms with Gasteiger partial charge in [-0.05, 0) is 96.9 Å². The van der Waals surface area contributed by atoms with Crippen molar-refractivity contribution >= 4 is 32.8 Å². The van der Waals surface area contributed by atoms with Crippen LogP contribution >= 0.6 is 0 Å². The number of benzene rings is 1. The Bertz CT molecular complexity index is 1870. The summed E-state index contributed by atoms with van der Waals surface area (Å²) in [5.74, 6) is 0.615. The standard InChI is InChI=1S/C31H36N8O3S/c1-19(2)39-29-22(18-33-31(36-29)35-23-9-11-24(12-10-23)38(4)5)16-27(30(39)40)26-13-14-28(34-20(26)3)37-43(41,42)25-8-6-7-21(15-25)17-32/h6-8,13-16,18-19,23-24H,9-12H2,1-5H3,(H,34,37)(H,33,35,36)/t23-,24-. The average molecular weight is 601 g/mol. The molecule has 0 bridgehead atoms. The molecule has 1 saturated carbocycles. The van der Waals surface area contributed by atoms with Gasteiger partial charge in [-0.1, -0.05) is 6.07 Å².